The van der Waals surface area contributed by atoms with Gasteiger partial charge in [-0.15, -0.1) is 0 Å². The van der Waals surface area contributed by atoms with E-state index in [0.29, 0.717) is 5.69 Å². The van der Waals surface area contributed by atoms with Crippen molar-refractivity contribution in [1.29, 1.82) is 0 Å². The van der Waals surface area contributed by atoms with E-state index in [4.69, 9.17) is 0 Å². The maximum Gasteiger partial charge on any atom is 0.234 e. The van der Waals surface area contributed by atoms with Crippen LogP contribution in [0.5, 0.6) is 0 Å². The van der Waals surface area contributed by atoms with E-state index < -0.39 is 10.0 Å². The molecule has 1 aromatic carbocycles. The molecule has 1 atom stereocenters. The molecule has 0 aliphatic carbocycles. The largest absolute Gasteiger partial charge is 0.313 e. The third kappa shape index (κ3) is 4.46. The molecule has 112 valence electrons. The Hall–Kier alpha value is -0.590. The van der Waals surface area contributed by atoms with Crippen molar-refractivity contribution in [3.8, 4) is 0 Å². The Morgan fingerprint density at radius 3 is 2.85 bits per heavy atom. The molecule has 1 fully saturated rings. The molecule has 4 nitrogen and oxygen atoms in total. The van der Waals surface area contributed by atoms with E-state index in [2.05, 4.69) is 26.0 Å². The molecule has 6 heteroatoms. The van der Waals surface area contributed by atoms with Gasteiger partial charge in [0, 0.05) is 10.5 Å². The highest BCUT2D eigenvalue weighted by Crippen LogP contribution is 2.23. The number of halogens is 1. The Labute approximate surface area is 129 Å². The zero-order chi connectivity index (χ0) is 14.6. The molecule has 0 spiro atoms. The van der Waals surface area contributed by atoms with Crippen LogP contribution < -0.4 is 10.0 Å². The summed E-state index contributed by atoms with van der Waals surface area (Å²) in [6.45, 7) is 2.93. The van der Waals surface area contributed by atoms with Crippen molar-refractivity contribution in [2.75, 3.05) is 17.0 Å². The van der Waals surface area contributed by atoms with Crippen molar-refractivity contribution < 1.29 is 8.42 Å². The minimum Gasteiger partial charge on any atom is -0.313 e. The molecular weight excluding hydrogens is 340 g/mol. The zero-order valence-corrected chi connectivity index (χ0v) is 14.1. The van der Waals surface area contributed by atoms with E-state index in [9.17, 15) is 8.42 Å². The first-order valence-electron chi connectivity index (χ1n) is 7.02. The third-order valence-corrected chi connectivity index (χ3v) is 5.41. The number of hydrogen-bond acceptors (Lipinski definition) is 3. The number of piperidine rings is 1. The second-order valence-electron chi connectivity index (χ2n) is 5.19. The van der Waals surface area contributed by atoms with Gasteiger partial charge in [-0.2, -0.15) is 0 Å². The third-order valence-electron chi connectivity index (χ3n) is 3.55. The summed E-state index contributed by atoms with van der Waals surface area (Å²) in [5, 5.41) is 3.27. The fourth-order valence-corrected chi connectivity index (χ4v) is 4.33. The Balaban J connectivity index is 2.07. The summed E-state index contributed by atoms with van der Waals surface area (Å²) in [4.78, 5) is 0. The first kappa shape index (κ1) is 15.8. The monoisotopic (exact) mass is 360 g/mol. The number of rotatable bonds is 5. The van der Waals surface area contributed by atoms with Crippen molar-refractivity contribution in [3.63, 3.8) is 0 Å². The second-order valence-corrected chi connectivity index (χ2v) is 7.87. The van der Waals surface area contributed by atoms with Crippen molar-refractivity contribution in [2.45, 2.75) is 38.6 Å². The molecule has 1 aliphatic heterocycles. The molecule has 20 heavy (non-hydrogen) atoms. The van der Waals surface area contributed by atoms with Gasteiger partial charge in [-0.25, -0.2) is 8.42 Å². The molecule has 0 saturated carbocycles. The Kier molecular flexibility index (Phi) is 5.46. The highest BCUT2D eigenvalue weighted by atomic mass is 79.9. The normalized spacial score (nSPS) is 19.8. The van der Waals surface area contributed by atoms with E-state index in [1.54, 1.807) is 0 Å². The molecule has 0 amide bonds. The highest BCUT2D eigenvalue weighted by Gasteiger charge is 2.21. The van der Waals surface area contributed by atoms with E-state index in [-0.39, 0.29) is 11.8 Å². The summed E-state index contributed by atoms with van der Waals surface area (Å²) in [5.74, 6) is 0.145. The summed E-state index contributed by atoms with van der Waals surface area (Å²) in [5.41, 5.74) is 1.69. The van der Waals surface area contributed by atoms with Crippen molar-refractivity contribution in [1.82, 2.24) is 5.32 Å². The van der Waals surface area contributed by atoms with Gasteiger partial charge < -0.3 is 5.32 Å². The number of aryl methyl sites for hydroxylation is 1. The van der Waals surface area contributed by atoms with Crippen LogP contribution in [0.25, 0.3) is 0 Å². The predicted octanol–water partition coefficient (Wildman–Crippen LogP) is 2.90. The lowest BCUT2D eigenvalue weighted by molar-refractivity contribution is 0.424. The smallest absolute Gasteiger partial charge is 0.234 e. The number of hydrogen-bond donors (Lipinski definition) is 2. The molecule has 2 N–H and O–H groups in total. The maximum absolute atomic E-state index is 12.3. The molecule has 2 rings (SSSR count). The first-order chi connectivity index (χ1) is 9.50. The number of sulfonamides is 1. The van der Waals surface area contributed by atoms with Gasteiger partial charge in [-0.3, -0.25) is 4.72 Å². The zero-order valence-electron chi connectivity index (χ0n) is 11.7. The fourth-order valence-electron chi connectivity index (χ4n) is 2.49. The van der Waals surface area contributed by atoms with Crippen LogP contribution in [0, 0.1) is 0 Å². The molecule has 1 aliphatic rings. The van der Waals surface area contributed by atoms with Gasteiger partial charge in [0.15, 0.2) is 0 Å². The van der Waals surface area contributed by atoms with Crippen LogP contribution in [0.2, 0.25) is 0 Å². The van der Waals surface area contributed by atoms with Crippen LogP contribution in [0.15, 0.2) is 22.7 Å². The van der Waals surface area contributed by atoms with Crippen LogP contribution >= 0.6 is 15.9 Å². The first-order valence-corrected chi connectivity index (χ1v) is 9.47. The SMILES string of the molecule is CCc1cc(Br)ccc1NS(=O)(=O)CC1CCCCN1. The Morgan fingerprint density at radius 2 is 2.20 bits per heavy atom. The number of nitrogens with one attached hydrogen (secondary N) is 2. The van der Waals surface area contributed by atoms with Gasteiger partial charge in [0.1, 0.15) is 0 Å². The molecule has 0 radical (unpaired) electrons. The quantitative estimate of drug-likeness (QED) is 0.848. The van der Waals surface area contributed by atoms with Crippen molar-refractivity contribution in [3.05, 3.63) is 28.2 Å². The highest BCUT2D eigenvalue weighted by molar-refractivity contribution is 9.10. The maximum atomic E-state index is 12.3. The molecule has 1 heterocycles. The van der Waals surface area contributed by atoms with Crippen LogP contribution in [0.1, 0.15) is 31.7 Å². The summed E-state index contributed by atoms with van der Waals surface area (Å²) >= 11 is 3.41. The fraction of sp³-hybridized carbons (Fsp3) is 0.571. The van der Waals surface area contributed by atoms with Gasteiger partial charge in [-0.1, -0.05) is 29.3 Å². The van der Waals surface area contributed by atoms with E-state index in [1.807, 2.05) is 25.1 Å². The lowest BCUT2D eigenvalue weighted by Gasteiger charge is -2.23. The Bertz CT molecular complexity index is 554. The van der Waals surface area contributed by atoms with Gasteiger partial charge in [0.05, 0.1) is 11.4 Å². The molecule has 1 unspecified atom stereocenters. The molecular formula is C14H21BrN2O2S. The van der Waals surface area contributed by atoms with E-state index in [1.165, 1.54) is 0 Å². The van der Waals surface area contributed by atoms with Crippen LogP contribution in [0.3, 0.4) is 0 Å². The van der Waals surface area contributed by atoms with Crippen LogP contribution in [0.4, 0.5) is 5.69 Å². The van der Waals surface area contributed by atoms with E-state index in [0.717, 1.165) is 42.3 Å². The van der Waals surface area contributed by atoms with Crippen molar-refractivity contribution >= 4 is 31.6 Å². The lowest BCUT2D eigenvalue weighted by atomic mass is 10.1. The summed E-state index contributed by atoms with van der Waals surface area (Å²) in [6.07, 6.45) is 3.96. The predicted molar refractivity (Wildman–Crippen MR) is 86.6 cm³/mol. The standard InChI is InChI=1S/C14H21BrN2O2S/c1-2-11-9-12(15)6-7-14(11)17-20(18,19)10-13-5-3-4-8-16-13/h6-7,9,13,16-17H,2-5,8,10H2,1H3. The minimum absolute atomic E-state index is 0.0711. The lowest BCUT2D eigenvalue weighted by Crippen LogP contribution is -2.40. The molecule has 0 bridgehead atoms. The number of anilines is 1. The summed E-state index contributed by atoms with van der Waals surface area (Å²) in [6, 6.07) is 5.70. The van der Waals surface area contributed by atoms with Crippen LogP contribution in [-0.2, 0) is 16.4 Å². The average molecular weight is 361 g/mol. The Morgan fingerprint density at radius 1 is 1.40 bits per heavy atom. The second kappa shape index (κ2) is 6.91. The van der Waals surface area contributed by atoms with Gasteiger partial charge >= 0.3 is 0 Å². The summed E-state index contributed by atoms with van der Waals surface area (Å²) < 4.78 is 28.2. The number of benzene rings is 1. The van der Waals surface area contributed by atoms with Gasteiger partial charge in [0.2, 0.25) is 10.0 Å². The van der Waals surface area contributed by atoms with Crippen LogP contribution in [-0.4, -0.2) is 26.8 Å². The molecule has 1 aromatic rings. The topological polar surface area (TPSA) is 58.2 Å². The van der Waals surface area contributed by atoms with Crippen molar-refractivity contribution in [2.24, 2.45) is 0 Å². The minimum atomic E-state index is -3.31. The average Bonchev–Trinajstić information content (AvgIpc) is 2.41. The van der Waals surface area contributed by atoms with E-state index >= 15 is 0 Å². The molecule has 0 aromatic heterocycles. The van der Waals surface area contributed by atoms with Gasteiger partial charge in [0.25, 0.3) is 0 Å². The van der Waals surface area contributed by atoms with Gasteiger partial charge in [-0.05, 0) is 49.6 Å². The molecule has 1 saturated heterocycles. The summed E-state index contributed by atoms with van der Waals surface area (Å²) in [7, 11) is -3.31.